The van der Waals surface area contributed by atoms with Crippen LogP contribution < -0.4 is 5.73 Å². The van der Waals surface area contributed by atoms with Crippen LogP contribution in [0.3, 0.4) is 0 Å². The standard InChI is InChI=1S/C14H17Cl2N3O/c1-9-3-4-10(7-11(9)15)13(17)14-12(16)8-18-19(14)5-6-20-2/h3-4,7-8,13H,5-6,17H2,1-2H3. The summed E-state index contributed by atoms with van der Waals surface area (Å²) in [7, 11) is 1.64. The maximum Gasteiger partial charge on any atom is 0.0837 e. The van der Waals surface area contributed by atoms with Crippen molar-refractivity contribution in [3.05, 3.63) is 51.3 Å². The number of methoxy groups -OCH3 is 1. The molecule has 0 bridgehead atoms. The minimum Gasteiger partial charge on any atom is -0.383 e. The second-order valence-corrected chi connectivity index (χ2v) is 5.39. The Hall–Kier alpha value is -1.07. The number of aryl methyl sites for hydroxylation is 1. The average molecular weight is 314 g/mol. The zero-order valence-electron chi connectivity index (χ0n) is 11.4. The Labute approximate surface area is 128 Å². The van der Waals surface area contributed by atoms with E-state index in [1.54, 1.807) is 18.0 Å². The van der Waals surface area contributed by atoms with Gasteiger partial charge in [-0.15, -0.1) is 0 Å². The van der Waals surface area contributed by atoms with Crippen LogP contribution in [0.25, 0.3) is 0 Å². The number of hydrogen-bond donors (Lipinski definition) is 1. The topological polar surface area (TPSA) is 53.1 Å². The van der Waals surface area contributed by atoms with Crippen molar-refractivity contribution in [2.75, 3.05) is 13.7 Å². The molecule has 20 heavy (non-hydrogen) atoms. The van der Waals surface area contributed by atoms with Crippen LogP contribution in [-0.2, 0) is 11.3 Å². The van der Waals surface area contributed by atoms with E-state index < -0.39 is 0 Å². The van der Waals surface area contributed by atoms with Gasteiger partial charge in [0, 0.05) is 12.1 Å². The normalized spacial score (nSPS) is 12.7. The number of rotatable bonds is 5. The molecular formula is C14H17Cl2N3O. The molecule has 0 saturated heterocycles. The highest BCUT2D eigenvalue weighted by molar-refractivity contribution is 6.31. The minimum atomic E-state index is -0.375. The number of benzene rings is 1. The Balaban J connectivity index is 2.34. The van der Waals surface area contributed by atoms with E-state index in [1.807, 2.05) is 25.1 Å². The van der Waals surface area contributed by atoms with Gasteiger partial charge in [-0.2, -0.15) is 5.10 Å². The third-order valence-electron chi connectivity index (χ3n) is 3.19. The van der Waals surface area contributed by atoms with Gasteiger partial charge in [-0.05, 0) is 24.1 Å². The van der Waals surface area contributed by atoms with E-state index in [4.69, 9.17) is 33.7 Å². The first-order valence-electron chi connectivity index (χ1n) is 6.26. The lowest BCUT2D eigenvalue weighted by Crippen LogP contribution is -2.19. The molecular weight excluding hydrogens is 297 g/mol. The van der Waals surface area contributed by atoms with Crippen molar-refractivity contribution in [3.8, 4) is 0 Å². The van der Waals surface area contributed by atoms with E-state index in [1.165, 1.54) is 0 Å². The monoisotopic (exact) mass is 313 g/mol. The molecule has 0 radical (unpaired) electrons. The van der Waals surface area contributed by atoms with Gasteiger partial charge in [-0.3, -0.25) is 4.68 Å². The van der Waals surface area contributed by atoms with Crippen molar-refractivity contribution in [1.29, 1.82) is 0 Å². The van der Waals surface area contributed by atoms with Crippen LogP contribution in [0.2, 0.25) is 10.0 Å². The first kappa shape index (κ1) is 15.3. The highest BCUT2D eigenvalue weighted by atomic mass is 35.5. The van der Waals surface area contributed by atoms with Crippen LogP contribution in [-0.4, -0.2) is 23.5 Å². The molecule has 1 unspecified atom stereocenters. The Morgan fingerprint density at radius 1 is 1.35 bits per heavy atom. The van der Waals surface area contributed by atoms with E-state index in [9.17, 15) is 0 Å². The molecule has 0 aliphatic rings. The van der Waals surface area contributed by atoms with Crippen molar-refractivity contribution in [3.63, 3.8) is 0 Å². The molecule has 2 rings (SSSR count). The number of hydrogen-bond acceptors (Lipinski definition) is 3. The summed E-state index contributed by atoms with van der Waals surface area (Å²) in [4.78, 5) is 0. The lowest BCUT2D eigenvalue weighted by Gasteiger charge is -2.16. The molecule has 0 spiro atoms. The van der Waals surface area contributed by atoms with Crippen molar-refractivity contribution < 1.29 is 4.74 Å². The molecule has 0 saturated carbocycles. The third-order valence-corrected chi connectivity index (χ3v) is 3.89. The van der Waals surface area contributed by atoms with Crippen molar-refractivity contribution in [2.45, 2.75) is 19.5 Å². The zero-order valence-corrected chi connectivity index (χ0v) is 12.9. The van der Waals surface area contributed by atoms with Gasteiger partial charge in [0.1, 0.15) is 0 Å². The Kier molecular flexibility index (Phi) is 5.05. The summed E-state index contributed by atoms with van der Waals surface area (Å²) in [5, 5.41) is 5.47. The lowest BCUT2D eigenvalue weighted by atomic mass is 10.0. The van der Waals surface area contributed by atoms with Gasteiger partial charge in [-0.1, -0.05) is 35.3 Å². The summed E-state index contributed by atoms with van der Waals surface area (Å²) in [5.41, 5.74) is 9.00. The van der Waals surface area contributed by atoms with Crippen LogP contribution in [0.15, 0.2) is 24.4 Å². The molecule has 0 fully saturated rings. The smallest absolute Gasteiger partial charge is 0.0837 e. The molecule has 2 aromatic rings. The van der Waals surface area contributed by atoms with E-state index >= 15 is 0 Å². The van der Waals surface area contributed by atoms with Crippen molar-refractivity contribution >= 4 is 23.2 Å². The first-order chi connectivity index (χ1) is 9.54. The average Bonchev–Trinajstić information content (AvgIpc) is 2.80. The highest BCUT2D eigenvalue weighted by Crippen LogP contribution is 2.28. The molecule has 0 amide bonds. The lowest BCUT2D eigenvalue weighted by molar-refractivity contribution is 0.182. The summed E-state index contributed by atoms with van der Waals surface area (Å²) in [6.45, 7) is 3.10. The van der Waals surface area contributed by atoms with E-state index in [2.05, 4.69) is 5.10 Å². The number of halogens is 2. The Morgan fingerprint density at radius 3 is 2.75 bits per heavy atom. The molecule has 6 heteroatoms. The third kappa shape index (κ3) is 3.15. The van der Waals surface area contributed by atoms with Gasteiger partial charge < -0.3 is 10.5 Å². The molecule has 0 aliphatic carbocycles. The van der Waals surface area contributed by atoms with E-state index in [0.717, 1.165) is 16.8 Å². The minimum absolute atomic E-state index is 0.375. The fourth-order valence-electron chi connectivity index (χ4n) is 2.00. The molecule has 1 heterocycles. The zero-order chi connectivity index (χ0) is 14.7. The number of nitrogens with two attached hydrogens (primary N) is 1. The van der Waals surface area contributed by atoms with Crippen LogP contribution >= 0.6 is 23.2 Å². The van der Waals surface area contributed by atoms with Crippen LogP contribution in [0.5, 0.6) is 0 Å². The van der Waals surface area contributed by atoms with Crippen molar-refractivity contribution in [1.82, 2.24) is 9.78 Å². The molecule has 4 nitrogen and oxygen atoms in total. The fourth-order valence-corrected chi connectivity index (χ4v) is 2.45. The van der Waals surface area contributed by atoms with Gasteiger partial charge in [0.25, 0.3) is 0 Å². The SMILES string of the molecule is COCCn1ncc(Cl)c1C(N)c1ccc(C)c(Cl)c1. The first-order valence-corrected chi connectivity index (χ1v) is 7.02. The van der Waals surface area contributed by atoms with Gasteiger partial charge in [-0.25, -0.2) is 0 Å². The maximum atomic E-state index is 6.31. The predicted octanol–water partition coefficient (Wildman–Crippen LogP) is 3.19. The second-order valence-electron chi connectivity index (χ2n) is 4.58. The molecule has 1 aromatic carbocycles. The molecule has 1 aromatic heterocycles. The van der Waals surface area contributed by atoms with E-state index in [-0.39, 0.29) is 6.04 Å². The number of aromatic nitrogens is 2. The molecule has 1 atom stereocenters. The summed E-state index contributed by atoms with van der Waals surface area (Å²) in [6, 6.07) is 5.39. The van der Waals surface area contributed by atoms with E-state index in [0.29, 0.717) is 23.2 Å². The van der Waals surface area contributed by atoms with Crippen LogP contribution in [0.4, 0.5) is 0 Å². The molecule has 2 N–H and O–H groups in total. The van der Waals surface area contributed by atoms with Gasteiger partial charge in [0.15, 0.2) is 0 Å². The predicted molar refractivity (Wildman–Crippen MR) is 81.3 cm³/mol. The summed E-state index contributed by atoms with van der Waals surface area (Å²) in [5.74, 6) is 0. The Bertz CT molecular complexity index is 598. The van der Waals surface area contributed by atoms with Gasteiger partial charge >= 0.3 is 0 Å². The maximum absolute atomic E-state index is 6.31. The number of ether oxygens (including phenoxy) is 1. The summed E-state index contributed by atoms with van der Waals surface area (Å²) >= 11 is 12.4. The summed E-state index contributed by atoms with van der Waals surface area (Å²) < 4.78 is 6.83. The quantitative estimate of drug-likeness (QED) is 0.922. The molecule has 0 aliphatic heterocycles. The molecule has 108 valence electrons. The number of nitrogens with zero attached hydrogens (tertiary/aromatic N) is 2. The van der Waals surface area contributed by atoms with Crippen molar-refractivity contribution in [2.24, 2.45) is 5.73 Å². The fraction of sp³-hybridized carbons (Fsp3) is 0.357. The highest BCUT2D eigenvalue weighted by Gasteiger charge is 2.19. The van der Waals surface area contributed by atoms with Gasteiger partial charge in [0.05, 0.1) is 36.1 Å². The van der Waals surface area contributed by atoms with Crippen LogP contribution in [0, 0.1) is 6.92 Å². The second kappa shape index (κ2) is 6.59. The summed E-state index contributed by atoms with van der Waals surface area (Å²) in [6.07, 6.45) is 1.60. The largest absolute Gasteiger partial charge is 0.383 e. The van der Waals surface area contributed by atoms with Gasteiger partial charge in [0.2, 0.25) is 0 Å². The van der Waals surface area contributed by atoms with Crippen LogP contribution in [0.1, 0.15) is 22.9 Å². The Morgan fingerprint density at radius 2 is 2.10 bits per heavy atom.